The van der Waals surface area contributed by atoms with Crippen molar-refractivity contribution in [3.05, 3.63) is 23.3 Å². The number of rotatable bonds is 3. The molecule has 1 aromatic carbocycles. The lowest BCUT2D eigenvalue weighted by Gasteiger charge is -2.06. The van der Waals surface area contributed by atoms with Crippen LogP contribution in [-0.4, -0.2) is 13.8 Å². The summed E-state index contributed by atoms with van der Waals surface area (Å²) in [5, 5.41) is 3.01. The number of fused-ring (bicyclic) bond motifs is 1. The predicted molar refractivity (Wildman–Crippen MR) is 50.1 cm³/mol. The second-order valence-corrected chi connectivity index (χ2v) is 3.15. The quantitative estimate of drug-likeness (QED) is 0.798. The highest BCUT2D eigenvalue weighted by Crippen LogP contribution is 2.36. The van der Waals surface area contributed by atoms with Gasteiger partial charge >= 0.3 is 0 Å². The average molecular weight is 197 g/mol. The van der Waals surface area contributed by atoms with Crippen LogP contribution in [0.5, 0.6) is 11.5 Å². The van der Waals surface area contributed by atoms with Gasteiger partial charge in [0.2, 0.25) is 6.79 Å². The molecule has 0 aromatic heterocycles. The molecule has 76 valence electrons. The lowest BCUT2D eigenvalue weighted by molar-refractivity contribution is 0.173. The highest BCUT2D eigenvalue weighted by Gasteiger charge is 2.18. The summed E-state index contributed by atoms with van der Waals surface area (Å²) in [6.07, 6.45) is 0. The maximum Gasteiger partial charge on any atom is 0.231 e. The standard InChI is InChI=1S/C10H12FNO2/c1-12-5-8-2-7(4-11)3-9-10(8)14-6-13-9/h2-3,12H,4-6H2,1H3. The SMILES string of the molecule is CNCc1cc(CF)cc2c1OCO2. The molecular formula is C10H12FNO2. The fourth-order valence-corrected chi connectivity index (χ4v) is 1.55. The molecule has 2 rings (SSSR count). The van der Waals surface area contributed by atoms with Gasteiger partial charge in [0.1, 0.15) is 6.67 Å². The van der Waals surface area contributed by atoms with Gasteiger partial charge in [0.15, 0.2) is 11.5 Å². The highest BCUT2D eigenvalue weighted by atomic mass is 19.1. The van der Waals surface area contributed by atoms with E-state index in [1.165, 1.54) is 0 Å². The van der Waals surface area contributed by atoms with Gasteiger partial charge < -0.3 is 14.8 Å². The molecule has 0 fully saturated rings. The maximum absolute atomic E-state index is 12.5. The molecule has 1 heterocycles. The van der Waals surface area contributed by atoms with Gasteiger partial charge in [0, 0.05) is 12.1 Å². The topological polar surface area (TPSA) is 30.5 Å². The van der Waals surface area contributed by atoms with Crippen LogP contribution in [0.3, 0.4) is 0 Å². The van der Waals surface area contributed by atoms with Crippen molar-refractivity contribution in [2.75, 3.05) is 13.8 Å². The lowest BCUT2D eigenvalue weighted by atomic mass is 10.1. The zero-order valence-electron chi connectivity index (χ0n) is 7.97. The molecule has 3 nitrogen and oxygen atoms in total. The molecule has 1 aliphatic rings. The molecule has 1 aliphatic heterocycles. The molecule has 0 saturated heterocycles. The molecule has 0 atom stereocenters. The molecule has 4 heteroatoms. The van der Waals surface area contributed by atoms with Crippen molar-refractivity contribution in [3.8, 4) is 11.5 Å². The first kappa shape index (κ1) is 9.27. The van der Waals surface area contributed by atoms with Crippen LogP contribution >= 0.6 is 0 Å². The number of hydrogen-bond donors (Lipinski definition) is 1. The Morgan fingerprint density at radius 1 is 1.43 bits per heavy atom. The molecule has 0 radical (unpaired) electrons. The van der Waals surface area contributed by atoms with E-state index < -0.39 is 6.67 Å². The Morgan fingerprint density at radius 3 is 3.00 bits per heavy atom. The Bertz CT molecular complexity index is 341. The van der Waals surface area contributed by atoms with Gasteiger partial charge in [-0.25, -0.2) is 4.39 Å². The third-order valence-electron chi connectivity index (χ3n) is 2.13. The molecule has 1 N–H and O–H groups in total. The molecule has 0 unspecified atom stereocenters. The molecule has 1 aromatic rings. The summed E-state index contributed by atoms with van der Waals surface area (Å²) >= 11 is 0. The van der Waals surface area contributed by atoms with Crippen molar-refractivity contribution in [1.82, 2.24) is 5.32 Å². The predicted octanol–water partition coefficient (Wildman–Crippen LogP) is 1.60. The first-order valence-electron chi connectivity index (χ1n) is 4.47. The van der Waals surface area contributed by atoms with Crippen molar-refractivity contribution in [2.24, 2.45) is 0 Å². The fraction of sp³-hybridized carbons (Fsp3) is 0.400. The van der Waals surface area contributed by atoms with Gasteiger partial charge in [-0.15, -0.1) is 0 Å². The monoisotopic (exact) mass is 197 g/mol. The maximum atomic E-state index is 12.5. The van der Waals surface area contributed by atoms with Crippen LogP contribution in [0.2, 0.25) is 0 Å². The van der Waals surface area contributed by atoms with E-state index in [0.717, 1.165) is 11.3 Å². The van der Waals surface area contributed by atoms with E-state index in [1.807, 2.05) is 7.05 Å². The minimum absolute atomic E-state index is 0.224. The minimum Gasteiger partial charge on any atom is -0.454 e. The number of alkyl halides is 1. The average Bonchev–Trinajstić information content (AvgIpc) is 2.66. The van der Waals surface area contributed by atoms with Gasteiger partial charge in [-0.3, -0.25) is 0 Å². The van der Waals surface area contributed by atoms with Crippen LogP contribution in [0, 0.1) is 0 Å². The second-order valence-electron chi connectivity index (χ2n) is 3.15. The largest absolute Gasteiger partial charge is 0.454 e. The van der Waals surface area contributed by atoms with Crippen LogP contribution < -0.4 is 14.8 Å². The van der Waals surface area contributed by atoms with E-state index in [4.69, 9.17) is 9.47 Å². The molecule has 0 saturated carbocycles. The smallest absolute Gasteiger partial charge is 0.231 e. The van der Waals surface area contributed by atoms with Gasteiger partial charge in [0.05, 0.1) is 0 Å². The fourth-order valence-electron chi connectivity index (χ4n) is 1.55. The Hall–Kier alpha value is -1.29. The zero-order valence-corrected chi connectivity index (χ0v) is 7.97. The lowest BCUT2D eigenvalue weighted by Crippen LogP contribution is -2.06. The molecular weight excluding hydrogens is 185 g/mol. The van der Waals surface area contributed by atoms with E-state index >= 15 is 0 Å². The number of nitrogens with one attached hydrogen (secondary N) is 1. The van der Waals surface area contributed by atoms with E-state index in [9.17, 15) is 4.39 Å². The molecule has 0 bridgehead atoms. The highest BCUT2D eigenvalue weighted by molar-refractivity contribution is 5.50. The third-order valence-corrected chi connectivity index (χ3v) is 2.13. The van der Waals surface area contributed by atoms with Crippen molar-refractivity contribution in [1.29, 1.82) is 0 Å². The summed E-state index contributed by atoms with van der Waals surface area (Å²) in [6.45, 7) is 0.397. The normalized spacial score (nSPS) is 13.3. The molecule has 0 spiro atoms. The Labute approximate surface area is 81.8 Å². The summed E-state index contributed by atoms with van der Waals surface area (Å²) in [7, 11) is 1.84. The number of benzene rings is 1. The number of ether oxygens (including phenoxy) is 2. The summed E-state index contributed by atoms with van der Waals surface area (Å²) in [5.41, 5.74) is 1.56. The van der Waals surface area contributed by atoms with E-state index in [1.54, 1.807) is 12.1 Å². The number of hydrogen-bond acceptors (Lipinski definition) is 3. The van der Waals surface area contributed by atoms with Crippen molar-refractivity contribution in [3.63, 3.8) is 0 Å². The van der Waals surface area contributed by atoms with Gasteiger partial charge in [0.25, 0.3) is 0 Å². The summed E-state index contributed by atoms with van der Waals surface area (Å²) in [5.74, 6) is 1.38. The molecule has 14 heavy (non-hydrogen) atoms. The summed E-state index contributed by atoms with van der Waals surface area (Å²) in [4.78, 5) is 0. The first-order valence-corrected chi connectivity index (χ1v) is 4.47. The van der Waals surface area contributed by atoms with Crippen LogP contribution in [0.25, 0.3) is 0 Å². The Morgan fingerprint density at radius 2 is 2.29 bits per heavy atom. The van der Waals surface area contributed by atoms with Crippen LogP contribution in [0.15, 0.2) is 12.1 Å². The second kappa shape index (κ2) is 3.84. The van der Waals surface area contributed by atoms with Gasteiger partial charge in [-0.1, -0.05) is 0 Å². The van der Waals surface area contributed by atoms with Gasteiger partial charge in [-0.05, 0) is 24.7 Å². The molecule has 0 aliphatic carbocycles. The van der Waals surface area contributed by atoms with E-state index in [-0.39, 0.29) is 6.79 Å². The number of halogens is 1. The van der Waals surface area contributed by atoms with Crippen LogP contribution in [0.1, 0.15) is 11.1 Å². The third kappa shape index (κ3) is 1.53. The van der Waals surface area contributed by atoms with Crippen LogP contribution in [-0.2, 0) is 13.2 Å². The van der Waals surface area contributed by atoms with Crippen molar-refractivity contribution >= 4 is 0 Å². The summed E-state index contributed by atoms with van der Waals surface area (Å²) in [6, 6.07) is 3.48. The Kier molecular flexibility index (Phi) is 2.54. The van der Waals surface area contributed by atoms with E-state index in [2.05, 4.69) is 5.32 Å². The van der Waals surface area contributed by atoms with Crippen LogP contribution in [0.4, 0.5) is 4.39 Å². The summed E-state index contributed by atoms with van der Waals surface area (Å²) < 4.78 is 23.0. The molecule has 0 amide bonds. The first-order chi connectivity index (χ1) is 6.85. The van der Waals surface area contributed by atoms with Gasteiger partial charge in [-0.2, -0.15) is 0 Å². The van der Waals surface area contributed by atoms with Crippen molar-refractivity contribution in [2.45, 2.75) is 13.2 Å². The minimum atomic E-state index is -0.479. The Balaban J connectivity index is 2.41. The van der Waals surface area contributed by atoms with E-state index in [0.29, 0.717) is 17.9 Å². The zero-order chi connectivity index (χ0) is 9.97. The van der Waals surface area contributed by atoms with Crippen molar-refractivity contribution < 1.29 is 13.9 Å².